The average Bonchev–Trinajstić information content (AvgIpc) is 4.02. The average molecular weight is 805 g/mol. The Balaban J connectivity index is 1.01. The highest BCUT2D eigenvalue weighted by atomic mass is 16.3. The van der Waals surface area contributed by atoms with Crippen LogP contribution in [-0.2, 0) is 0 Å². The lowest BCUT2D eigenvalue weighted by molar-refractivity contribution is 0.669. The van der Waals surface area contributed by atoms with Crippen LogP contribution in [0.15, 0.2) is 203 Å². The van der Waals surface area contributed by atoms with Crippen LogP contribution in [-0.4, -0.2) is 19.5 Å². The summed E-state index contributed by atoms with van der Waals surface area (Å²) in [6.45, 7) is 0. The van der Waals surface area contributed by atoms with E-state index in [-0.39, 0.29) is 0 Å². The van der Waals surface area contributed by atoms with Gasteiger partial charge in [0.25, 0.3) is 0 Å². The fraction of sp³-hybridized carbons (Fsp3) is 0. The van der Waals surface area contributed by atoms with Crippen LogP contribution < -0.4 is 0 Å². The zero-order valence-corrected chi connectivity index (χ0v) is 33.6. The fourth-order valence-electron chi connectivity index (χ4n) is 9.91. The molecule has 6 heteroatoms. The molecule has 63 heavy (non-hydrogen) atoms. The van der Waals surface area contributed by atoms with Crippen molar-refractivity contribution in [3.63, 3.8) is 0 Å². The molecule has 0 spiro atoms. The normalized spacial score (nSPS) is 12.1. The molecule has 4 aromatic heterocycles. The van der Waals surface area contributed by atoms with Gasteiger partial charge in [0.1, 0.15) is 22.3 Å². The largest absolute Gasteiger partial charge is 0.455 e. The van der Waals surface area contributed by atoms with Gasteiger partial charge < -0.3 is 13.4 Å². The summed E-state index contributed by atoms with van der Waals surface area (Å²) in [5, 5.41) is 13.7. The predicted molar refractivity (Wildman–Crippen MR) is 258 cm³/mol. The molecule has 0 aliphatic rings. The molecule has 0 radical (unpaired) electrons. The molecule has 4 heterocycles. The lowest BCUT2D eigenvalue weighted by Crippen LogP contribution is -2.00. The molecule has 0 saturated carbocycles. The van der Waals surface area contributed by atoms with Gasteiger partial charge in [0.05, 0.1) is 27.8 Å². The van der Waals surface area contributed by atoms with Gasteiger partial charge >= 0.3 is 0 Å². The monoisotopic (exact) mass is 804 g/mol. The van der Waals surface area contributed by atoms with Crippen molar-refractivity contribution in [3.8, 4) is 39.9 Å². The van der Waals surface area contributed by atoms with E-state index in [9.17, 15) is 0 Å². The maximum Gasteiger partial charge on any atom is 0.167 e. The third-order valence-electron chi connectivity index (χ3n) is 12.8. The minimum absolute atomic E-state index is 0.520. The van der Waals surface area contributed by atoms with E-state index in [2.05, 4.69) is 132 Å². The van der Waals surface area contributed by atoms with Gasteiger partial charge in [-0.1, -0.05) is 133 Å². The molecule has 14 rings (SSSR count). The molecule has 0 bridgehead atoms. The van der Waals surface area contributed by atoms with Crippen LogP contribution in [0.25, 0.3) is 138 Å². The molecule has 0 aliphatic carbocycles. The Morgan fingerprint density at radius 1 is 0.333 bits per heavy atom. The summed E-state index contributed by atoms with van der Waals surface area (Å²) >= 11 is 0. The van der Waals surface area contributed by atoms with Crippen LogP contribution >= 0.6 is 0 Å². The van der Waals surface area contributed by atoms with E-state index in [1.165, 1.54) is 43.4 Å². The van der Waals surface area contributed by atoms with Crippen molar-refractivity contribution in [3.05, 3.63) is 194 Å². The number of furan rings is 2. The molecule has 0 fully saturated rings. The smallest absolute Gasteiger partial charge is 0.167 e. The van der Waals surface area contributed by atoms with Crippen LogP contribution in [0.1, 0.15) is 0 Å². The van der Waals surface area contributed by atoms with E-state index in [4.69, 9.17) is 23.8 Å². The van der Waals surface area contributed by atoms with Crippen molar-refractivity contribution in [1.82, 2.24) is 19.5 Å². The minimum atomic E-state index is 0.520. The zero-order chi connectivity index (χ0) is 41.2. The summed E-state index contributed by atoms with van der Waals surface area (Å²) in [7, 11) is 0. The predicted octanol–water partition coefficient (Wildman–Crippen LogP) is 15.2. The number of nitrogens with zero attached hydrogens (tertiary/aromatic N) is 4. The molecule has 0 amide bonds. The molecular formula is C57H32N4O2. The number of para-hydroxylation sites is 3. The van der Waals surface area contributed by atoms with Gasteiger partial charge in [0.2, 0.25) is 0 Å². The van der Waals surface area contributed by atoms with Crippen molar-refractivity contribution in [2.75, 3.05) is 0 Å². The van der Waals surface area contributed by atoms with Gasteiger partial charge in [-0.3, -0.25) is 0 Å². The Kier molecular flexibility index (Phi) is 7.02. The first-order chi connectivity index (χ1) is 31.2. The Bertz CT molecular complexity index is 4120. The van der Waals surface area contributed by atoms with Crippen molar-refractivity contribution < 1.29 is 8.83 Å². The number of hydrogen-bond donors (Lipinski definition) is 0. The number of benzene rings is 10. The standard InChI is InChI=1S/C57H32N4O2/c1-2-13-33(14-3-1)55-58-56(43-23-10-21-41-39-19-8-9-26-50(39)62-53(41)43)60-57(59-55)44-24-11-22-42-52-40-20-12-25-47(38(40)27-28-51(52)63-54(42)44)61-48-31-36-17-6-4-15-34(36)29-45(48)46-30-35-16-5-7-18-37(35)32-49(46)61/h1-32H. The maximum absolute atomic E-state index is 6.89. The first kappa shape index (κ1) is 34.1. The molecule has 0 atom stereocenters. The first-order valence-corrected chi connectivity index (χ1v) is 21.2. The van der Waals surface area contributed by atoms with Gasteiger partial charge in [0, 0.05) is 43.3 Å². The molecular weight excluding hydrogens is 773 g/mol. The zero-order valence-electron chi connectivity index (χ0n) is 33.6. The highest BCUT2D eigenvalue weighted by molar-refractivity contribution is 6.23. The molecule has 10 aromatic carbocycles. The van der Waals surface area contributed by atoms with Crippen molar-refractivity contribution in [1.29, 1.82) is 0 Å². The maximum atomic E-state index is 6.89. The highest BCUT2D eigenvalue weighted by Crippen LogP contribution is 2.43. The minimum Gasteiger partial charge on any atom is -0.455 e. The van der Waals surface area contributed by atoms with E-state index in [0.717, 1.165) is 77.0 Å². The fourth-order valence-corrected chi connectivity index (χ4v) is 9.91. The number of aromatic nitrogens is 4. The van der Waals surface area contributed by atoms with E-state index in [1.54, 1.807) is 0 Å². The summed E-state index contributed by atoms with van der Waals surface area (Å²) in [4.78, 5) is 15.4. The highest BCUT2D eigenvalue weighted by Gasteiger charge is 2.23. The summed E-state index contributed by atoms with van der Waals surface area (Å²) < 4.78 is 15.8. The number of hydrogen-bond acceptors (Lipinski definition) is 5. The second kappa shape index (κ2) is 12.9. The molecule has 14 aromatic rings. The molecule has 0 unspecified atom stereocenters. The van der Waals surface area contributed by atoms with Crippen LogP contribution in [0.2, 0.25) is 0 Å². The van der Waals surface area contributed by atoms with E-state index < -0.39 is 0 Å². The summed E-state index contributed by atoms with van der Waals surface area (Å²) in [5.74, 6) is 1.61. The van der Waals surface area contributed by atoms with Crippen LogP contribution in [0.4, 0.5) is 0 Å². The molecule has 0 N–H and O–H groups in total. The van der Waals surface area contributed by atoms with Crippen LogP contribution in [0.5, 0.6) is 0 Å². The second-order valence-corrected chi connectivity index (χ2v) is 16.3. The Morgan fingerprint density at radius 3 is 1.56 bits per heavy atom. The van der Waals surface area contributed by atoms with E-state index in [0.29, 0.717) is 17.5 Å². The molecule has 0 saturated heterocycles. The second-order valence-electron chi connectivity index (χ2n) is 16.3. The molecule has 292 valence electrons. The lowest BCUT2D eigenvalue weighted by atomic mass is 10.0. The molecule has 0 aliphatic heterocycles. The van der Waals surface area contributed by atoms with Gasteiger partial charge in [-0.05, 0) is 87.6 Å². The van der Waals surface area contributed by atoms with Gasteiger partial charge in [-0.2, -0.15) is 0 Å². The van der Waals surface area contributed by atoms with E-state index in [1.807, 2.05) is 66.7 Å². The first-order valence-electron chi connectivity index (χ1n) is 21.2. The third kappa shape index (κ3) is 5.03. The summed E-state index contributed by atoms with van der Waals surface area (Å²) in [6, 6.07) is 68.1. The Labute approximate surface area is 358 Å². The Morgan fingerprint density at radius 2 is 0.857 bits per heavy atom. The third-order valence-corrected chi connectivity index (χ3v) is 12.8. The topological polar surface area (TPSA) is 69.9 Å². The Hall–Kier alpha value is -8.61. The van der Waals surface area contributed by atoms with E-state index >= 15 is 0 Å². The quantitative estimate of drug-likeness (QED) is 0.177. The molecule has 6 nitrogen and oxygen atoms in total. The summed E-state index contributed by atoms with van der Waals surface area (Å²) in [5.41, 5.74) is 9.00. The lowest BCUT2D eigenvalue weighted by Gasteiger charge is -2.13. The van der Waals surface area contributed by atoms with Gasteiger partial charge in [-0.25, -0.2) is 15.0 Å². The van der Waals surface area contributed by atoms with Crippen LogP contribution in [0.3, 0.4) is 0 Å². The van der Waals surface area contributed by atoms with Crippen molar-refractivity contribution in [2.45, 2.75) is 0 Å². The number of rotatable bonds is 4. The van der Waals surface area contributed by atoms with Crippen LogP contribution in [0, 0.1) is 0 Å². The van der Waals surface area contributed by atoms with Gasteiger partial charge in [0.15, 0.2) is 17.5 Å². The van der Waals surface area contributed by atoms with Gasteiger partial charge in [-0.15, -0.1) is 0 Å². The van der Waals surface area contributed by atoms with Crippen molar-refractivity contribution in [2.24, 2.45) is 0 Å². The SMILES string of the molecule is c1ccc(-c2nc(-c3cccc4c3oc3ccccc34)nc(-c3cccc4c3oc3ccc5c(-n6c7cc8ccccc8cc7c7cc8ccccc8cc76)cccc5c34)n2)cc1. The number of fused-ring (bicyclic) bond motifs is 13. The summed E-state index contributed by atoms with van der Waals surface area (Å²) in [6.07, 6.45) is 0. The van der Waals surface area contributed by atoms with Crippen molar-refractivity contribution >= 4 is 98.0 Å².